The fourth-order valence-electron chi connectivity index (χ4n) is 3.29. The molecule has 0 bridgehead atoms. The van der Waals surface area contributed by atoms with Gasteiger partial charge in [-0.1, -0.05) is 48.5 Å². The fourth-order valence-corrected chi connectivity index (χ4v) is 4.18. The Morgan fingerprint density at radius 2 is 2.07 bits per heavy atom. The molecule has 2 heterocycles. The Morgan fingerprint density at radius 3 is 2.87 bits per heavy atom. The van der Waals surface area contributed by atoms with E-state index in [2.05, 4.69) is 22.4 Å². The SMILES string of the molecule is CCc1cccc(C)c1NC(=O)CSc1nnc(-c2cc3cc(Cl)ccc3o2)n1C. The summed E-state index contributed by atoms with van der Waals surface area (Å²) in [6, 6.07) is 13.4. The smallest absolute Gasteiger partial charge is 0.234 e. The lowest BCUT2D eigenvalue weighted by Crippen LogP contribution is -2.16. The van der Waals surface area contributed by atoms with Crippen LogP contribution < -0.4 is 5.32 Å². The second kappa shape index (κ2) is 8.53. The molecule has 0 saturated heterocycles. The fraction of sp³-hybridized carbons (Fsp3) is 0.227. The van der Waals surface area contributed by atoms with Gasteiger partial charge < -0.3 is 14.3 Å². The first kappa shape index (κ1) is 20.5. The Kier molecular flexibility index (Phi) is 5.83. The van der Waals surface area contributed by atoms with Gasteiger partial charge in [0.2, 0.25) is 5.91 Å². The minimum atomic E-state index is -0.0769. The number of amides is 1. The third kappa shape index (κ3) is 4.08. The summed E-state index contributed by atoms with van der Waals surface area (Å²) in [5.74, 6) is 1.36. The molecule has 0 saturated carbocycles. The van der Waals surface area contributed by atoms with Gasteiger partial charge in [-0.15, -0.1) is 10.2 Å². The van der Waals surface area contributed by atoms with E-state index in [4.69, 9.17) is 16.0 Å². The molecular weight excluding hydrogens is 420 g/mol. The molecule has 0 atom stereocenters. The number of aryl methyl sites for hydroxylation is 2. The first-order chi connectivity index (χ1) is 14.5. The van der Waals surface area contributed by atoms with Gasteiger partial charge in [-0.25, -0.2) is 0 Å². The summed E-state index contributed by atoms with van der Waals surface area (Å²) in [7, 11) is 1.85. The zero-order chi connectivity index (χ0) is 21.3. The molecule has 154 valence electrons. The number of hydrogen-bond acceptors (Lipinski definition) is 5. The van der Waals surface area contributed by atoms with Crippen LogP contribution in [0.2, 0.25) is 5.02 Å². The van der Waals surface area contributed by atoms with Crippen LogP contribution in [-0.4, -0.2) is 26.4 Å². The Labute approximate surface area is 183 Å². The van der Waals surface area contributed by atoms with Crippen LogP contribution >= 0.6 is 23.4 Å². The summed E-state index contributed by atoms with van der Waals surface area (Å²) < 4.78 is 7.70. The van der Waals surface area contributed by atoms with Crippen LogP contribution in [-0.2, 0) is 18.3 Å². The number of para-hydroxylation sites is 1. The van der Waals surface area contributed by atoms with Crippen molar-refractivity contribution in [2.45, 2.75) is 25.4 Å². The summed E-state index contributed by atoms with van der Waals surface area (Å²) in [5.41, 5.74) is 3.80. The number of nitrogens with zero attached hydrogens (tertiary/aromatic N) is 3. The third-order valence-corrected chi connectivity index (χ3v) is 6.13. The van der Waals surface area contributed by atoms with E-state index < -0.39 is 0 Å². The van der Waals surface area contributed by atoms with Crippen molar-refractivity contribution in [2.75, 3.05) is 11.1 Å². The molecule has 0 spiro atoms. The number of thioether (sulfide) groups is 1. The van der Waals surface area contributed by atoms with Gasteiger partial charge >= 0.3 is 0 Å². The maximum absolute atomic E-state index is 12.5. The highest BCUT2D eigenvalue weighted by Gasteiger charge is 2.17. The summed E-state index contributed by atoms with van der Waals surface area (Å²) in [4.78, 5) is 12.5. The van der Waals surface area contributed by atoms with Crippen molar-refractivity contribution in [3.05, 3.63) is 58.6 Å². The number of halogens is 1. The molecule has 0 unspecified atom stereocenters. The average molecular weight is 441 g/mol. The molecule has 0 aliphatic carbocycles. The Hall–Kier alpha value is -2.77. The zero-order valence-electron chi connectivity index (χ0n) is 16.9. The number of fused-ring (bicyclic) bond motifs is 1. The standard InChI is InChI=1S/C22H21ClN4O2S/c1-4-14-7-5-6-13(2)20(14)24-19(28)12-30-22-26-25-21(27(22)3)18-11-15-10-16(23)8-9-17(15)29-18/h5-11H,4,12H2,1-3H3,(H,24,28). The molecule has 30 heavy (non-hydrogen) atoms. The molecule has 0 aliphatic heterocycles. The summed E-state index contributed by atoms with van der Waals surface area (Å²) >= 11 is 7.38. The van der Waals surface area contributed by atoms with E-state index in [1.54, 1.807) is 6.07 Å². The maximum atomic E-state index is 12.5. The number of rotatable bonds is 6. The number of carbonyl (C=O) groups excluding carboxylic acids is 1. The second-order valence-electron chi connectivity index (χ2n) is 6.96. The van der Waals surface area contributed by atoms with Crippen molar-refractivity contribution in [3.63, 3.8) is 0 Å². The predicted molar refractivity (Wildman–Crippen MR) is 121 cm³/mol. The second-order valence-corrected chi connectivity index (χ2v) is 8.34. The monoisotopic (exact) mass is 440 g/mol. The molecule has 2 aromatic heterocycles. The molecule has 1 N–H and O–H groups in total. The summed E-state index contributed by atoms with van der Waals surface area (Å²) in [6.45, 7) is 4.07. The highest BCUT2D eigenvalue weighted by molar-refractivity contribution is 7.99. The molecule has 4 aromatic rings. The quantitative estimate of drug-likeness (QED) is 0.402. The highest BCUT2D eigenvalue weighted by atomic mass is 35.5. The largest absolute Gasteiger partial charge is 0.453 e. The number of benzene rings is 2. The van der Waals surface area contributed by atoms with Crippen molar-refractivity contribution in [2.24, 2.45) is 7.05 Å². The number of furan rings is 1. The van der Waals surface area contributed by atoms with Gasteiger partial charge in [-0.05, 0) is 48.7 Å². The molecule has 1 amide bonds. The minimum Gasteiger partial charge on any atom is -0.453 e. The van der Waals surface area contributed by atoms with E-state index in [1.165, 1.54) is 11.8 Å². The summed E-state index contributed by atoms with van der Waals surface area (Å²) in [6.07, 6.45) is 0.861. The molecule has 8 heteroatoms. The predicted octanol–water partition coefficient (Wildman–Crippen LogP) is 5.48. The van der Waals surface area contributed by atoms with Gasteiger partial charge in [0, 0.05) is 23.1 Å². The van der Waals surface area contributed by atoms with E-state index >= 15 is 0 Å². The van der Waals surface area contributed by atoms with Crippen LogP contribution in [0.15, 0.2) is 52.0 Å². The molecule has 2 aromatic carbocycles. The van der Waals surface area contributed by atoms with Crippen LogP contribution in [0.1, 0.15) is 18.1 Å². The van der Waals surface area contributed by atoms with Gasteiger partial charge in [0.1, 0.15) is 5.58 Å². The van der Waals surface area contributed by atoms with Gasteiger partial charge in [0.25, 0.3) is 0 Å². The van der Waals surface area contributed by atoms with E-state index in [9.17, 15) is 4.79 Å². The van der Waals surface area contributed by atoms with Crippen molar-refractivity contribution in [3.8, 4) is 11.6 Å². The van der Waals surface area contributed by atoms with E-state index in [-0.39, 0.29) is 11.7 Å². The lowest BCUT2D eigenvalue weighted by Gasteiger charge is -2.12. The van der Waals surface area contributed by atoms with Crippen molar-refractivity contribution >= 4 is 45.9 Å². The van der Waals surface area contributed by atoms with Crippen molar-refractivity contribution < 1.29 is 9.21 Å². The molecule has 0 aliphatic rings. The number of anilines is 1. The topological polar surface area (TPSA) is 73.0 Å². The van der Waals surface area contributed by atoms with E-state index in [1.807, 2.05) is 54.9 Å². The van der Waals surface area contributed by atoms with Crippen molar-refractivity contribution in [1.82, 2.24) is 14.8 Å². The number of nitrogens with one attached hydrogen (secondary N) is 1. The summed E-state index contributed by atoms with van der Waals surface area (Å²) in [5, 5.41) is 13.7. The molecular formula is C22H21ClN4O2S. The number of hydrogen-bond donors (Lipinski definition) is 1. The van der Waals surface area contributed by atoms with Crippen LogP contribution in [0, 0.1) is 6.92 Å². The minimum absolute atomic E-state index is 0.0769. The van der Waals surface area contributed by atoms with Gasteiger partial charge in [0.15, 0.2) is 16.7 Å². The molecule has 0 radical (unpaired) electrons. The normalized spacial score (nSPS) is 11.2. The zero-order valence-corrected chi connectivity index (χ0v) is 18.5. The van der Waals surface area contributed by atoms with E-state index in [0.29, 0.717) is 21.8 Å². The molecule has 4 rings (SSSR count). The number of carbonyl (C=O) groups is 1. The first-order valence-corrected chi connectivity index (χ1v) is 10.9. The lowest BCUT2D eigenvalue weighted by molar-refractivity contribution is -0.113. The van der Waals surface area contributed by atoms with Crippen LogP contribution in [0.25, 0.3) is 22.6 Å². The van der Waals surface area contributed by atoms with Crippen molar-refractivity contribution in [1.29, 1.82) is 0 Å². The van der Waals surface area contributed by atoms with Crippen LogP contribution in [0.5, 0.6) is 0 Å². The first-order valence-electron chi connectivity index (χ1n) is 9.56. The van der Waals surface area contributed by atoms with Crippen LogP contribution in [0.4, 0.5) is 5.69 Å². The van der Waals surface area contributed by atoms with E-state index in [0.717, 1.165) is 34.2 Å². The Bertz CT molecular complexity index is 1230. The van der Waals surface area contributed by atoms with Gasteiger partial charge in [-0.3, -0.25) is 4.79 Å². The Morgan fingerprint density at radius 1 is 1.23 bits per heavy atom. The van der Waals surface area contributed by atoms with Crippen LogP contribution in [0.3, 0.4) is 0 Å². The van der Waals surface area contributed by atoms with Gasteiger partial charge in [-0.2, -0.15) is 0 Å². The molecule has 0 fully saturated rings. The van der Waals surface area contributed by atoms with Gasteiger partial charge in [0.05, 0.1) is 5.75 Å². The molecule has 6 nitrogen and oxygen atoms in total. The highest BCUT2D eigenvalue weighted by Crippen LogP contribution is 2.30. The number of aromatic nitrogens is 3. The average Bonchev–Trinajstić information content (AvgIpc) is 3.30. The third-order valence-electron chi connectivity index (χ3n) is 4.87. The Balaban J connectivity index is 1.47. The maximum Gasteiger partial charge on any atom is 0.234 e. The lowest BCUT2D eigenvalue weighted by atomic mass is 10.1.